The van der Waals surface area contributed by atoms with Gasteiger partial charge >= 0.3 is 5.97 Å². The van der Waals surface area contributed by atoms with Crippen LogP contribution in [0.4, 0.5) is 0 Å². The number of hydrogen-bond donors (Lipinski definition) is 3. The largest absolute Gasteiger partial charge is 0.463 e. The highest BCUT2D eigenvalue weighted by Gasteiger charge is 2.32. The van der Waals surface area contributed by atoms with E-state index in [0.29, 0.717) is 38.6 Å². The van der Waals surface area contributed by atoms with Gasteiger partial charge in [-0.25, -0.2) is 0 Å². The molecule has 234 valence electrons. The molecule has 1 aromatic heterocycles. The van der Waals surface area contributed by atoms with Gasteiger partial charge in [0.05, 0.1) is 30.5 Å². The van der Waals surface area contributed by atoms with Gasteiger partial charge in [0, 0.05) is 30.1 Å². The molecule has 8 nitrogen and oxygen atoms in total. The maximum Gasteiger partial charge on any atom is 0.309 e. The summed E-state index contributed by atoms with van der Waals surface area (Å²) in [5.74, 6) is -1.71. The Labute approximate surface area is 260 Å². The van der Waals surface area contributed by atoms with Crippen molar-refractivity contribution in [1.29, 1.82) is 0 Å². The van der Waals surface area contributed by atoms with Crippen LogP contribution in [-0.2, 0) is 32.0 Å². The highest BCUT2D eigenvalue weighted by atomic mass is 16.5. The number of aromatic amines is 1. The predicted octanol–water partition coefficient (Wildman–Crippen LogP) is 5.13. The quantitative estimate of drug-likeness (QED) is 0.147. The van der Waals surface area contributed by atoms with Crippen molar-refractivity contribution in [3.05, 3.63) is 97.2 Å². The number of nitrogens with zero attached hydrogens (tertiary/aromatic N) is 1. The first-order chi connectivity index (χ1) is 21.4. The fourth-order valence-corrected chi connectivity index (χ4v) is 6.02. The highest BCUT2D eigenvalue weighted by Crippen LogP contribution is 2.23. The van der Waals surface area contributed by atoms with Crippen molar-refractivity contribution in [3.8, 4) is 0 Å². The molecule has 4 atom stereocenters. The fraction of sp³-hybridized carbons (Fsp3) is 0.417. The summed E-state index contributed by atoms with van der Waals surface area (Å²) in [5, 5.41) is 13.8. The summed E-state index contributed by atoms with van der Waals surface area (Å²) in [7, 11) is 0. The number of aromatic nitrogens is 1. The van der Waals surface area contributed by atoms with Gasteiger partial charge in [-0.1, -0.05) is 60.7 Å². The van der Waals surface area contributed by atoms with Crippen molar-refractivity contribution in [2.24, 2.45) is 11.8 Å². The normalized spacial score (nSPS) is 16.7. The van der Waals surface area contributed by atoms with Gasteiger partial charge in [0.1, 0.15) is 6.61 Å². The molecule has 3 N–H and O–H groups in total. The summed E-state index contributed by atoms with van der Waals surface area (Å²) in [6.45, 7) is 8.11. The number of hydrogen-bond acceptors (Lipinski definition) is 5. The van der Waals surface area contributed by atoms with Gasteiger partial charge in [-0.3, -0.25) is 14.4 Å². The molecule has 0 aliphatic carbocycles. The van der Waals surface area contributed by atoms with Crippen LogP contribution in [0.1, 0.15) is 49.7 Å². The SMILES string of the molecule is C=CCC[C@H](Cc1ccccc1)C(=O)OC[C@H](Cc1c[nH]c2ccccc12)NC(=O)[C@@H](CC=C)CC(=O)N1CCC[C@H]1CO. The van der Waals surface area contributed by atoms with Crippen molar-refractivity contribution < 1.29 is 24.2 Å². The lowest BCUT2D eigenvalue weighted by Crippen LogP contribution is -2.45. The Balaban J connectivity index is 1.48. The van der Waals surface area contributed by atoms with E-state index in [2.05, 4.69) is 23.5 Å². The first kappa shape index (κ1) is 32.7. The van der Waals surface area contributed by atoms with Gasteiger partial charge in [-0.05, 0) is 62.1 Å². The zero-order chi connectivity index (χ0) is 31.3. The van der Waals surface area contributed by atoms with Gasteiger partial charge in [0.25, 0.3) is 0 Å². The van der Waals surface area contributed by atoms with Crippen LogP contribution in [0.15, 0.2) is 86.1 Å². The molecule has 0 radical (unpaired) electrons. The van der Waals surface area contributed by atoms with Crippen molar-refractivity contribution >= 4 is 28.7 Å². The Morgan fingerprint density at radius 3 is 2.57 bits per heavy atom. The lowest BCUT2D eigenvalue weighted by Gasteiger charge is -2.26. The van der Waals surface area contributed by atoms with Gasteiger partial charge in [0.15, 0.2) is 0 Å². The number of fused-ring (bicyclic) bond motifs is 1. The molecule has 4 rings (SSSR count). The molecule has 1 saturated heterocycles. The molecule has 2 amide bonds. The Morgan fingerprint density at radius 2 is 1.82 bits per heavy atom. The minimum absolute atomic E-state index is 0.00305. The maximum atomic E-state index is 13.7. The van der Waals surface area contributed by atoms with Crippen LogP contribution in [0.5, 0.6) is 0 Å². The molecular weight excluding hydrogens is 554 g/mol. The third kappa shape index (κ3) is 8.92. The first-order valence-electron chi connectivity index (χ1n) is 15.6. The number of likely N-dealkylation sites (tertiary alicyclic amines) is 1. The molecule has 2 aromatic carbocycles. The van der Waals surface area contributed by atoms with Crippen LogP contribution in [0, 0.1) is 11.8 Å². The fourth-order valence-electron chi connectivity index (χ4n) is 6.02. The van der Waals surface area contributed by atoms with Gasteiger partial charge in [-0.15, -0.1) is 13.2 Å². The smallest absolute Gasteiger partial charge is 0.309 e. The second-order valence-corrected chi connectivity index (χ2v) is 11.6. The van der Waals surface area contributed by atoms with E-state index in [0.717, 1.165) is 34.9 Å². The summed E-state index contributed by atoms with van der Waals surface area (Å²) >= 11 is 0. The lowest BCUT2D eigenvalue weighted by atomic mass is 9.94. The Kier molecular flexibility index (Phi) is 12.4. The van der Waals surface area contributed by atoms with Crippen LogP contribution in [-0.4, -0.2) is 64.6 Å². The standard InChI is InChI=1S/C36H45N3O5/c1-3-5-15-28(20-26-13-7-6-8-14-26)36(43)44-25-30(21-29-23-37-33-18-10-9-17-32(29)33)38-35(42)27(12-4-2)22-34(41)39-19-11-16-31(39)24-40/h3-4,6-10,13-14,17-18,23,27-28,30-31,37,40H,1-2,5,11-12,15-16,19-22,24-25H2,(H,38,42)/t27-,28+,30-,31-/m0/s1. The molecule has 3 aromatic rings. The molecule has 2 heterocycles. The summed E-state index contributed by atoms with van der Waals surface area (Å²) in [4.78, 5) is 45.1. The summed E-state index contributed by atoms with van der Waals surface area (Å²) in [5.41, 5.74) is 3.03. The zero-order valence-electron chi connectivity index (χ0n) is 25.5. The van der Waals surface area contributed by atoms with Crippen molar-refractivity contribution in [2.75, 3.05) is 19.8 Å². The number of allylic oxidation sites excluding steroid dienone is 2. The topological polar surface area (TPSA) is 112 Å². The molecule has 1 aliphatic rings. The number of H-pyrrole nitrogens is 1. The average molecular weight is 600 g/mol. The third-order valence-corrected chi connectivity index (χ3v) is 8.44. The minimum atomic E-state index is -0.625. The van der Waals surface area contributed by atoms with Crippen molar-refractivity contribution in [1.82, 2.24) is 15.2 Å². The first-order valence-corrected chi connectivity index (χ1v) is 15.6. The molecule has 1 aliphatic heterocycles. The van der Waals surface area contributed by atoms with E-state index < -0.39 is 12.0 Å². The zero-order valence-corrected chi connectivity index (χ0v) is 25.5. The number of esters is 1. The molecule has 44 heavy (non-hydrogen) atoms. The van der Waals surface area contributed by atoms with Gasteiger partial charge in [0.2, 0.25) is 11.8 Å². The highest BCUT2D eigenvalue weighted by molar-refractivity contribution is 5.87. The number of benzene rings is 2. The number of aliphatic hydroxyl groups excluding tert-OH is 1. The van der Waals surface area contributed by atoms with Gasteiger partial charge in [-0.2, -0.15) is 0 Å². The third-order valence-electron chi connectivity index (χ3n) is 8.44. The average Bonchev–Trinajstić information content (AvgIpc) is 3.69. The molecule has 0 unspecified atom stereocenters. The van der Waals surface area contributed by atoms with Gasteiger partial charge < -0.3 is 25.0 Å². The number of nitrogens with one attached hydrogen (secondary N) is 2. The number of ether oxygens (including phenoxy) is 1. The van der Waals surface area contributed by atoms with Crippen LogP contribution in [0.2, 0.25) is 0 Å². The van der Waals surface area contributed by atoms with Crippen LogP contribution in [0.3, 0.4) is 0 Å². The van der Waals surface area contributed by atoms with E-state index in [1.807, 2.05) is 60.8 Å². The molecule has 0 bridgehead atoms. The number of aliphatic hydroxyl groups is 1. The van der Waals surface area contributed by atoms with Crippen molar-refractivity contribution in [2.45, 2.75) is 63.5 Å². The number of carbonyl (C=O) groups is 3. The van der Waals surface area contributed by atoms with E-state index in [9.17, 15) is 19.5 Å². The van der Waals surface area contributed by atoms with Crippen LogP contribution < -0.4 is 5.32 Å². The molecule has 1 fully saturated rings. The number of para-hydroxylation sites is 1. The second kappa shape index (κ2) is 16.6. The van der Waals surface area contributed by atoms with E-state index in [-0.39, 0.29) is 49.4 Å². The summed E-state index contributed by atoms with van der Waals surface area (Å²) in [6.07, 6.45) is 9.62. The Hall–Kier alpha value is -4.17. The van der Waals surface area contributed by atoms with Crippen LogP contribution in [0.25, 0.3) is 10.9 Å². The second-order valence-electron chi connectivity index (χ2n) is 11.6. The van der Waals surface area contributed by atoms with E-state index in [1.54, 1.807) is 17.1 Å². The van der Waals surface area contributed by atoms with E-state index >= 15 is 0 Å². The monoisotopic (exact) mass is 599 g/mol. The maximum absolute atomic E-state index is 13.7. The predicted molar refractivity (Wildman–Crippen MR) is 173 cm³/mol. The Bertz CT molecular complexity index is 1400. The molecule has 8 heteroatoms. The number of amides is 2. The molecular formula is C36H45N3O5. The number of rotatable bonds is 17. The van der Waals surface area contributed by atoms with E-state index in [4.69, 9.17) is 4.74 Å². The van der Waals surface area contributed by atoms with E-state index in [1.165, 1.54) is 0 Å². The van der Waals surface area contributed by atoms with Crippen LogP contribution >= 0.6 is 0 Å². The lowest BCUT2D eigenvalue weighted by molar-refractivity contribution is -0.150. The molecule has 0 spiro atoms. The summed E-state index contributed by atoms with van der Waals surface area (Å²) < 4.78 is 5.91. The van der Waals surface area contributed by atoms with Crippen molar-refractivity contribution in [3.63, 3.8) is 0 Å². The molecule has 0 saturated carbocycles. The Morgan fingerprint density at radius 1 is 1.05 bits per heavy atom. The minimum Gasteiger partial charge on any atom is -0.463 e. The summed E-state index contributed by atoms with van der Waals surface area (Å²) in [6, 6.07) is 17.1. The number of carbonyl (C=O) groups excluding carboxylic acids is 3.